The molecule has 0 fully saturated rings. The molecule has 1 unspecified atom stereocenters. The van der Waals surface area contributed by atoms with E-state index < -0.39 is 28.5 Å². The molecule has 0 aliphatic carbocycles. The first-order valence-corrected chi connectivity index (χ1v) is 6.94. The van der Waals surface area contributed by atoms with E-state index in [1.54, 1.807) is 13.8 Å². The topological polar surface area (TPSA) is 29.1 Å². The molecule has 7 heteroatoms. The maximum Gasteiger partial charge on any atom is 0.400 e. The Morgan fingerprint density at radius 1 is 1.32 bits per heavy atom. The third-order valence-electron chi connectivity index (χ3n) is 2.25. The summed E-state index contributed by atoms with van der Waals surface area (Å²) < 4.78 is 62.0. The van der Waals surface area contributed by atoms with Crippen molar-refractivity contribution in [1.29, 1.82) is 0 Å². The fourth-order valence-electron chi connectivity index (χ4n) is 1.55. The maximum absolute atomic E-state index is 13.6. The van der Waals surface area contributed by atoms with Gasteiger partial charge in [0.1, 0.15) is 11.6 Å². The van der Waals surface area contributed by atoms with Crippen LogP contribution in [0.2, 0.25) is 0 Å². The van der Waals surface area contributed by atoms with Crippen molar-refractivity contribution in [3.8, 4) is 0 Å². The second-order valence-corrected chi connectivity index (χ2v) is 5.92. The van der Waals surface area contributed by atoms with Gasteiger partial charge in [-0.25, -0.2) is 4.39 Å². The molecule has 1 rings (SSSR count). The summed E-state index contributed by atoms with van der Waals surface area (Å²) in [5.74, 6) is -2.00. The summed E-state index contributed by atoms with van der Waals surface area (Å²) in [5.41, 5.74) is 0.306. The number of benzene rings is 1. The summed E-state index contributed by atoms with van der Waals surface area (Å²) in [5, 5.41) is 2.77. The summed E-state index contributed by atoms with van der Waals surface area (Å²) in [6.45, 7) is 4.98. The molecule has 108 valence electrons. The molecule has 0 bridgehead atoms. The van der Waals surface area contributed by atoms with Crippen molar-refractivity contribution in [2.75, 3.05) is 11.1 Å². The highest BCUT2D eigenvalue weighted by atomic mass is 32.2. The largest absolute Gasteiger partial charge is 0.400 e. The smallest absolute Gasteiger partial charge is 0.380 e. The Bertz CT molecular complexity index is 485. The van der Waals surface area contributed by atoms with E-state index in [1.165, 1.54) is 13.0 Å². The van der Waals surface area contributed by atoms with E-state index in [0.29, 0.717) is 0 Å². The first-order chi connectivity index (χ1) is 8.60. The van der Waals surface area contributed by atoms with Gasteiger partial charge in [0.2, 0.25) is 0 Å². The van der Waals surface area contributed by atoms with Crippen LogP contribution in [-0.4, -0.2) is 22.2 Å². The van der Waals surface area contributed by atoms with Crippen molar-refractivity contribution in [3.63, 3.8) is 0 Å². The Kier molecular flexibility index (Phi) is 4.95. The molecule has 1 aromatic rings. The molecule has 1 N–H and O–H groups in total. The Balaban J connectivity index is 3.10. The van der Waals surface area contributed by atoms with Crippen LogP contribution in [0.1, 0.15) is 19.4 Å². The molecule has 19 heavy (non-hydrogen) atoms. The minimum atomic E-state index is -4.52. The highest BCUT2D eigenvalue weighted by molar-refractivity contribution is 7.85. The molecule has 0 spiro atoms. The molecule has 1 aromatic carbocycles. The molecule has 0 aliphatic rings. The quantitative estimate of drug-likeness (QED) is 0.860. The van der Waals surface area contributed by atoms with Gasteiger partial charge in [0.05, 0.1) is 16.5 Å². The number of nitrogens with one attached hydrogen (secondary N) is 1. The Labute approximate surface area is 111 Å². The van der Waals surface area contributed by atoms with Crippen molar-refractivity contribution in [3.05, 3.63) is 23.5 Å². The number of aryl methyl sites for hydroxylation is 1. The average Bonchev–Trinajstić information content (AvgIpc) is 2.18. The number of anilines is 1. The van der Waals surface area contributed by atoms with Crippen molar-refractivity contribution in [2.24, 2.45) is 0 Å². The zero-order valence-electron chi connectivity index (χ0n) is 10.8. The molecule has 0 heterocycles. The summed E-state index contributed by atoms with van der Waals surface area (Å²) in [6.07, 6.45) is -4.52. The minimum Gasteiger partial charge on any atom is -0.380 e. The Morgan fingerprint density at radius 3 is 2.37 bits per heavy atom. The number of rotatable bonds is 4. The van der Waals surface area contributed by atoms with Crippen molar-refractivity contribution >= 4 is 16.5 Å². The number of hydrogen-bond donors (Lipinski definition) is 1. The van der Waals surface area contributed by atoms with Gasteiger partial charge in [-0.1, -0.05) is 0 Å². The fraction of sp³-hybridized carbons (Fsp3) is 0.500. The molecule has 0 radical (unpaired) electrons. The van der Waals surface area contributed by atoms with Gasteiger partial charge in [0, 0.05) is 10.9 Å². The van der Waals surface area contributed by atoms with Crippen LogP contribution in [-0.2, 0) is 10.8 Å². The third-order valence-corrected chi connectivity index (χ3v) is 3.77. The molecular weight excluding hydrogens is 282 g/mol. The van der Waals surface area contributed by atoms with E-state index >= 15 is 0 Å². The van der Waals surface area contributed by atoms with Crippen LogP contribution in [0.5, 0.6) is 0 Å². The highest BCUT2D eigenvalue weighted by Gasteiger charge is 2.31. The van der Waals surface area contributed by atoms with Gasteiger partial charge >= 0.3 is 6.18 Å². The molecule has 0 amide bonds. The van der Waals surface area contributed by atoms with Crippen LogP contribution in [0.25, 0.3) is 0 Å². The predicted molar refractivity (Wildman–Crippen MR) is 67.2 cm³/mol. The van der Waals surface area contributed by atoms with Crippen LogP contribution < -0.4 is 5.32 Å². The van der Waals surface area contributed by atoms with Gasteiger partial charge in [-0.15, -0.1) is 0 Å². The molecule has 0 saturated heterocycles. The van der Waals surface area contributed by atoms with Gasteiger partial charge < -0.3 is 5.32 Å². The molecular formula is C12H15F4NOS. The third kappa shape index (κ3) is 4.81. The number of halogens is 4. The Hall–Kier alpha value is -1.11. The van der Waals surface area contributed by atoms with E-state index in [0.717, 1.165) is 6.07 Å². The maximum atomic E-state index is 13.6. The van der Waals surface area contributed by atoms with Crippen LogP contribution in [0.15, 0.2) is 17.0 Å². The van der Waals surface area contributed by atoms with E-state index in [-0.39, 0.29) is 22.2 Å². The first-order valence-electron chi connectivity index (χ1n) is 5.62. The van der Waals surface area contributed by atoms with E-state index in [4.69, 9.17) is 0 Å². The SMILES string of the molecule is Cc1cc(F)c(NC(C)C)cc1S(=O)CC(F)(F)F. The summed E-state index contributed by atoms with van der Waals surface area (Å²) in [4.78, 5) is 0.00174. The lowest BCUT2D eigenvalue weighted by Gasteiger charge is -2.15. The normalized spacial score (nSPS) is 13.7. The zero-order valence-corrected chi connectivity index (χ0v) is 11.6. The molecule has 0 saturated carbocycles. The lowest BCUT2D eigenvalue weighted by atomic mass is 10.2. The first kappa shape index (κ1) is 15.9. The lowest BCUT2D eigenvalue weighted by molar-refractivity contribution is -0.105. The lowest BCUT2D eigenvalue weighted by Crippen LogP contribution is -2.19. The standard InChI is InChI=1S/C12H15F4NOS/c1-7(2)17-10-5-11(8(3)4-9(10)13)19(18)6-12(14,15)16/h4-5,7,17H,6H2,1-3H3. The second kappa shape index (κ2) is 5.90. The van der Waals surface area contributed by atoms with Gasteiger partial charge in [-0.3, -0.25) is 4.21 Å². The van der Waals surface area contributed by atoms with Crippen LogP contribution >= 0.6 is 0 Å². The van der Waals surface area contributed by atoms with E-state index in [9.17, 15) is 21.8 Å². The Morgan fingerprint density at radius 2 is 1.89 bits per heavy atom. The van der Waals surface area contributed by atoms with Crippen molar-refractivity contribution < 1.29 is 21.8 Å². The fourth-order valence-corrected chi connectivity index (χ4v) is 2.67. The van der Waals surface area contributed by atoms with Crippen LogP contribution in [0, 0.1) is 12.7 Å². The highest BCUT2D eigenvalue weighted by Crippen LogP contribution is 2.26. The second-order valence-electron chi connectivity index (χ2n) is 4.50. The zero-order chi connectivity index (χ0) is 14.8. The molecule has 2 nitrogen and oxygen atoms in total. The summed E-state index contributed by atoms with van der Waals surface area (Å²) >= 11 is 0. The van der Waals surface area contributed by atoms with Gasteiger partial charge in [-0.2, -0.15) is 13.2 Å². The van der Waals surface area contributed by atoms with Gasteiger partial charge in [0.25, 0.3) is 0 Å². The molecule has 1 atom stereocenters. The van der Waals surface area contributed by atoms with Crippen LogP contribution in [0.3, 0.4) is 0 Å². The van der Waals surface area contributed by atoms with Gasteiger partial charge in [-0.05, 0) is 38.5 Å². The van der Waals surface area contributed by atoms with Crippen molar-refractivity contribution in [2.45, 2.75) is 37.9 Å². The van der Waals surface area contributed by atoms with E-state index in [2.05, 4.69) is 5.32 Å². The van der Waals surface area contributed by atoms with Crippen molar-refractivity contribution in [1.82, 2.24) is 0 Å². The summed E-state index contributed by atoms with van der Waals surface area (Å²) in [6, 6.07) is 2.20. The minimum absolute atomic E-state index is 0.00174. The predicted octanol–water partition coefficient (Wildman–Crippen LogP) is 3.62. The monoisotopic (exact) mass is 297 g/mol. The van der Waals surface area contributed by atoms with Gasteiger partial charge in [0.15, 0.2) is 0 Å². The van der Waals surface area contributed by atoms with E-state index in [1.807, 2.05) is 0 Å². The molecule has 0 aliphatic heterocycles. The van der Waals surface area contributed by atoms with Crippen LogP contribution in [0.4, 0.5) is 23.2 Å². The number of alkyl halides is 3. The number of hydrogen-bond acceptors (Lipinski definition) is 2. The summed E-state index contributed by atoms with van der Waals surface area (Å²) in [7, 11) is -2.23. The molecule has 0 aromatic heterocycles. The average molecular weight is 297 g/mol.